The van der Waals surface area contributed by atoms with Gasteiger partial charge in [-0.05, 0) is 56.8 Å². The number of carbonyl (C=O) groups excluding carboxylic acids is 1. The fraction of sp³-hybridized carbons (Fsp3) is 0.471. The normalized spacial score (nSPS) is 16.4. The number of rotatable bonds is 3. The first-order valence-electron chi connectivity index (χ1n) is 8.40. The van der Waals surface area contributed by atoms with Gasteiger partial charge in [0, 0.05) is 15.0 Å². The van der Waals surface area contributed by atoms with E-state index in [1.165, 1.54) is 19.3 Å². The van der Waals surface area contributed by atoms with E-state index in [4.69, 9.17) is 4.84 Å². The Labute approximate surface area is 162 Å². The third-order valence-electron chi connectivity index (χ3n) is 4.35. The summed E-state index contributed by atoms with van der Waals surface area (Å²) in [5, 5.41) is 0. The average Bonchev–Trinajstić information content (AvgIpc) is 2.54. The highest BCUT2D eigenvalue weighted by molar-refractivity contribution is 9.13. The molecule has 1 saturated carbocycles. The summed E-state index contributed by atoms with van der Waals surface area (Å²) in [4.78, 5) is 36.4. The molecule has 2 N–H and O–H groups in total. The number of benzene rings is 1. The van der Waals surface area contributed by atoms with E-state index in [9.17, 15) is 9.59 Å². The molecule has 0 saturated heterocycles. The van der Waals surface area contributed by atoms with Crippen LogP contribution in [0.25, 0.3) is 11.0 Å². The maximum absolute atomic E-state index is 12.3. The summed E-state index contributed by atoms with van der Waals surface area (Å²) in [5.74, 6) is -0.760. The number of hydrogen-bond donors (Lipinski definition) is 2. The fourth-order valence-electron chi connectivity index (χ4n) is 2.98. The minimum Gasteiger partial charge on any atom is -0.365 e. The lowest BCUT2D eigenvalue weighted by Gasteiger charge is -2.19. The van der Waals surface area contributed by atoms with E-state index >= 15 is 0 Å². The molecule has 6 nitrogen and oxygen atoms in total. The Morgan fingerprint density at radius 2 is 1.76 bits per heavy atom. The van der Waals surface area contributed by atoms with Crippen molar-refractivity contribution in [2.24, 2.45) is 0 Å². The molecule has 1 fully saturated rings. The maximum atomic E-state index is 12.3. The third kappa shape index (κ3) is 4.68. The summed E-state index contributed by atoms with van der Waals surface area (Å²) < 4.78 is 1.57. The molecular weight excluding hydrogens is 454 g/mol. The van der Waals surface area contributed by atoms with Crippen molar-refractivity contribution in [3.63, 3.8) is 0 Å². The van der Waals surface area contributed by atoms with Gasteiger partial charge < -0.3 is 9.82 Å². The van der Waals surface area contributed by atoms with Gasteiger partial charge in [0.1, 0.15) is 0 Å². The Morgan fingerprint density at radius 3 is 2.48 bits per heavy atom. The molecule has 1 aromatic carbocycles. The molecule has 1 aliphatic carbocycles. The Morgan fingerprint density at radius 1 is 1.12 bits per heavy atom. The predicted octanol–water partition coefficient (Wildman–Crippen LogP) is 4.22. The minimum atomic E-state index is -0.760. The first-order valence-corrected chi connectivity index (χ1v) is 9.99. The number of aromatic nitrogens is 2. The van der Waals surface area contributed by atoms with Gasteiger partial charge in [-0.2, -0.15) is 0 Å². The molecule has 0 unspecified atom stereocenters. The zero-order valence-electron chi connectivity index (χ0n) is 13.6. The first kappa shape index (κ1) is 18.5. The summed E-state index contributed by atoms with van der Waals surface area (Å²) in [6.45, 7) is 0. The largest absolute Gasteiger partial charge is 0.381 e. The highest BCUT2D eigenvalue weighted by Gasteiger charge is 2.19. The third-order valence-corrected chi connectivity index (χ3v) is 6.20. The number of nitrogens with one attached hydrogen (secondary N) is 2. The molecule has 25 heavy (non-hydrogen) atoms. The molecule has 1 heterocycles. The van der Waals surface area contributed by atoms with Crippen LogP contribution in [0.2, 0.25) is 0 Å². The standard InChI is InChI=1S/C17H19Br2N3O3/c18-11-8-13-14(9-12(11)19)21-16(23)15(20-13)17(24)25-22-10-6-4-2-1-3-5-7-10/h8-10,22H,1-7H2,(H,21,23). The molecule has 0 atom stereocenters. The lowest BCUT2D eigenvalue weighted by atomic mass is 9.97. The summed E-state index contributed by atoms with van der Waals surface area (Å²) >= 11 is 6.76. The van der Waals surface area contributed by atoms with Crippen LogP contribution in [-0.4, -0.2) is 22.0 Å². The number of fused-ring (bicyclic) bond motifs is 1. The van der Waals surface area contributed by atoms with Crippen LogP contribution in [0.1, 0.15) is 55.4 Å². The molecular formula is C17H19Br2N3O3. The first-order chi connectivity index (χ1) is 12.0. The van der Waals surface area contributed by atoms with Crippen LogP contribution in [0.5, 0.6) is 0 Å². The summed E-state index contributed by atoms with van der Waals surface area (Å²) in [6, 6.07) is 3.60. The summed E-state index contributed by atoms with van der Waals surface area (Å²) in [5.41, 5.74) is 3.06. The van der Waals surface area contributed by atoms with Gasteiger partial charge >= 0.3 is 5.97 Å². The van der Waals surface area contributed by atoms with Crippen molar-refractivity contribution in [2.45, 2.75) is 51.0 Å². The zero-order valence-corrected chi connectivity index (χ0v) is 16.8. The van der Waals surface area contributed by atoms with Crippen LogP contribution >= 0.6 is 31.9 Å². The van der Waals surface area contributed by atoms with Gasteiger partial charge in [0.15, 0.2) is 0 Å². The van der Waals surface area contributed by atoms with Gasteiger partial charge in [0.05, 0.1) is 11.0 Å². The average molecular weight is 473 g/mol. The second-order valence-corrected chi connectivity index (χ2v) is 7.96. The molecule has 2 aromatic rings. The van der Waals surface area contributed by atoms with Crippen molar-refractivity contribution in [2.75, 3.05) is 0 Å². The van der Waals surface area contributed by atoms with E-state index in [0.717, 1.165) is 34.6 Å². The minimum absolute atomic E-state index is 0.133. The quantitative estimate of drug-likeness (QED) is 0.653. The van der Waals surface area contributed by atoms with Gasteiger partial charge in [-0.1, -0.05) is 32.1 Å². The molecule has 1 aliphatic rings. The summed E-state index contributed by atoms with van der Waals surface area (Å²) in [6.07, 6.45) is 7.87. The van der Waals surface area contributed by atoms with Crippen molar-refractivity contribution in [3.8, 4) is 0 Å². The topological polar surface area (TPSA) is 84.1 Å². The Bertz CT molecular complexity index is 830. The highest BCUT2D eigenvalue weighted by Crippen LogP contribution is 2.26. The molecule has 8 heteroatoms. The van der Waals surface area contributed by atoms with Crippen molar-refractivity contribution in [1.82, 2.24) is 15.4 Å². The van der Waals surface area contributed by atoms with E-state index in [-0.39, 0.29) is 11.7 Å². The summed E-state index contributed by atoms with van der Waals surface area (Å²) in [7, 11) is 0. The van der Waals surface area contributed by atoms with Crippen LogP contribution < -0.4 is 11.0 Å². The van der Waals surface area contributed by atoms with E-state index in [0.29, 0.717) is 11.0 Å². The van der Waals surface area contributed by atoms with Crippen LogP contribution in [-0.2, 0) is 4.84 Å². The van der Waals surface area contributed by atoms with Crippen LogP contribution in [0.3, 0.4) is 0 Å². The zero-order chi connectivity index (χ0) is 17.8. The van der Waals surface area contributed by atoms with Crippen molar-refractivity contribution < 1.29 is 9.63 Å². The SMILES string of the molecule is O=C(ONC1CCCCCCC1)c1nc2cc(Br)c(Br)cc2[nH]c1=O. The van der Waals surface area contributed by atoms with E-state index in [1.807, 2.05) is 0 Å². The number of halogens is 2. The molecule has 3 rings (SSSR count). The Hall–Kier alpha value is -1.25. The van der Waals surface area contributed by atoms with Crippen molar-refractivity contribution >= 4 is 48.9 Å². The van der Waals surface area contributed by atoms with Crippen LogP contribution in [0.4, 0.5) is 0 Å². The van der Waals surface area contributed by atoms with Crippen molar-refractivity contribution in [1.29, 1.82) is 0 Å². The fourth-order valence-corrected chi connectivity index (χ4v) is 3.65. The number of hydrogen-bond acceptors (Lipinski definition) is 5. The molecule has 0 bridgehead atoms. The molecule has 0 spiro atoms. The van der Waals surface area contributed by atoms with Gasteiger partial charge in [0.2, 0.25) is 5.69 Å². The maximum Gasteiger partial charge on any atom is 0.381 e. The molecule has 1 aromatic heterocycles. The van der Waals surface area contributed by atoms with Gasteiger partial charge in [0.25, 0.3) is 5.56 Å². The molecule has 0 aliphatic heterocycles. The van der Waals surface area contributed by atoms with Crippen LogP contribution in [0.15, 0.2) is 25.9 Å². The number of carbonyl (C=O) groups is 1. The van der Waals surface area contributed by atoms with E-state index in [1.54, 1.807) is 12.1 Å². The molecule has 0 radical (unpaired) electrons. The second-order valence-electron chi connectivity index (χ2n) is 6.25. The van der Waals surface area contributed by atoms with Gasteiger partial charge in [-0.25, -0.2) is 9.78 Å². The lowest BCUT2D eigenvalue weighted by Crippen LogP contribution is -2.34. The predicted molar refractivity (Wildman–Crippen MR) is 102 cm³/mol. The van der Waals surface area contributed by atoms with E-state index in [2.05, 4.69) is 47.3 Å². The highest BCUT2D eigenvalue weighted by atomic mass is 79.9. The van der Waals surface area contributed by atoms with E-state index < -0.39 is 11.5 Å². The van der Waals surface area contributed by atoms with Crippen molar-refractivity contribution in [3.05, 3.63) is 37.1 Å². The Kier molecular flexibility index (Phi) is 6.24. The smallest absolute Gasteiger partial charge is 0.365 e. The van der Waals surface area contributed by atoms with Gasteiger partial charge in [-0.15, -0.1) is 5.48 Å². The lowest BCUT2D eigenvalue weighted by molar-refractivity contribution is 0.0117. The number of hydroxylamine groups is 1. The van der Waals surface area contributed by atoms with Crippen LogP contribution in [0, 0.1) is 0 Å². The van der Waals surface area contributed by atoms with Gasteiger partial charge in [-0.3, -0.25) is 4.79 Å². The molecule has 0 amide bonds. The number of aromatic amines is 1. The molecule has 134 valence electrons. The second kappa shape index (κ2) is 8.42. The Balaban J connectivity index is 1.74. The number of nitrogens with zero attached hydrogens (tertiary/aromatic N) is 1. The number of H-pyrrole nitrogens is 1. The monoisotopic (exact) mass is 471 g/mol.